The SMILES string of the molecule is CC(O)COc1cc(-c2cnn(C(C)(C)C(N)=O)c2)c2c(c1)[C@@](O)(C(F)(F)F)c1ccccc1-2.C[C@@H](O)COc1cc(-c2cnn(C(C)(C)C(N)=O)c2)c2c(c1)[C@@](O)(C(F)(F)F)c1ccccc1-2.C[C@H](O)COc1cc(-c2cnn(C(C)(C)C(N)=O)c2)c2c(c1)[C@@](O)(C(F)(F)F)c1ccccc1-2. The summed E-state index contributed by atoms with van der Waals surface area (Å²) in [6, 6.07) is 25.3. The third-order valence-electron chi connectivity index (χ3n) is 18.2. The highest BCUT2D eigenvalue weighted by Crippen LogP contribution is 2.61. The van der Waals surface area contributed by atoms with Crippen molar-refractivity contribution in [3.63, 3.8) is 0 Å². The molecule has 9 aromatic rings. The van der Waals surface area contributed by atoms with Crippen LogP contribution in [0.15, 0.2) is 146 Å². The second-order valence-electron chi connectivity index (χ2n) is 26.7. The molecular weight excluding hydrogens is 1350 g/mol. The number of aromatic nitrogens is 6. The van der Waals surface area contributed by atoms with Gasteiger partial charge in [-0.3, -0.25) is 28.4 Å². The van der Waals surface area contributed by atoms with Crippen LogP contribution in [0.3, 0.4) is 0 Å². The Morgan fingerprint density at radius 2 is 0.627 bits per heavy atom. The average molecular weight is 1430 g/mol. The van der Waals surface area contributed by atoms with Crippen LogP contribution >= 0.6 is 0 Å². The maximum Gasteiger partial charge on any atom is 0.425 e. The van der Waals surface area contributed by atoms with Crippen LogP contribution in [-0.4, -0.2) is 134 Å². The van der Waals surface area contributed by atoms with Gasteiger partial charge in [0.25, 0.3) is 0 Å². The van der Waals surface area contributed by atoms with E-state index >= 15 is 0 Å². The Morgan fingerprint density at radius 3 is 0.833 bits per heavy atom. The number of amides is 3. The molecule has 21 nitrogen and oxygen atoms in total. The number of benzene rings is 6. The minimum absolute atomic E-state index is 0.0343. The van der Waals surface area contributed by atoms with Gasteiger partial charge >= 0.3 is 18.5 Å². The number of aliphatic hydroxyl groups excluding tert-OH is 3. The van der Waals surface area contributed by atoms with E-state index in [1.54, 1.807) is 59.7 Å². The number of carbonyl (C=O) groups excluding carboxylic acids is 3. The van der Waals surface area contributed by atoms with Gasteiger partial charge in [0.2, 0.25) is 34.5 Å². The average Bonchev–Trinajstić information content (AvgIpc) is 1.56. The summed E-state index contributed by atoms with van der Waals surface area (Å²) >= 11 is 0. The molecule has 3 aromatic heterocycles. The quantitative estimate of drug-likeness (QED) is 0.0361. The predicted octanol–water partition coefficient (Wildman–Crippen LogP) is 9.93. The lowest BCUT2D eigenvalue weighted by Gasteiger charge is -2.28. The topological polar surface area (TPSA) is 332 Å². The summed E-state index contributed by atoms with van der Waals surface area (Å²) in [6.45, 7) is 13.3. The molecule has 3 heterocycles. The summed E-state index contributed by atoms with van der Waals surface area (Å²) in [5.41, 5.74) is 4.36. The van der Waals surface area contributed by atoms with Crippen molar-refractivity contribution in [2.24, 2.45) is 17.2 Å². The van der Waals surface area contributed by atoms with Crippen LogP contribution in [0.2, 0.25) is 0 Å². The van der Waals surface area contributed by atoms with Crippen molar-refractivity contribution in [2.75, 3.05) is 19.8 Å². The summed E-state index contributed by atoms with van der Waals surface area (Å²) in [6.07, 6.45) is -8.92. The van der Waals surface area contributed by atoms with Gasteiger partial charge in [0.1, 0.15) is 53.7 Å². The van der Waals surface area contributed by atoms with Gasteiger partial charge in [0.15, 0.2) is 0 Å². The van der Waals surface area contributed by atoms with E-state index in [1.165, 1.54) is 145 Å². The summed E-state index contributed by atoms with van der Waals surface area (Å²) < 4.78 is 150. The van der Waals surface area contributed by atoms with Crippen LogP contribution in [0, 0.1) is 0 Å². The molecule has 6 atom stereocenters. The Bertz CT molecular complexity index is 4260. The number of hydrogen-bond acceptors (Lipinski definition) is 15. The molecule has 3 aliphatic rings. The van der Waals surface area contributed by atoms with Crippen molar-refractivity contribution in [1.29, 1.82) is 0 Å². The number of primary amides is 3. The highest BCUT2D eigenvalue weighted by atomic mass is 19.4. The van der Waals surface area contributed by atoms with Crippen molar-refractivity contribution in [2.45, 2.75) is 133 Å². The molecule has 1 unspecified atom stereocenters. The molecule has 6 aromatic carbocycles. The van der Waals surface area contributed by atoms with E-state index in [2.05, 4.69) is 15.3 Å². The Hall–Kier alpha value is -10.1. The molecular formula is C72H72F9N9O12. The Balaban J connectivity index is 0.000000165. The fourth-order valence-corrected chi connectivity index (χ4v) is 12.2. The first-order chi connectivity index (χ1) is 47.3. The zero-order valence-corrected chi connectivity index (χ0v) is 56.2. The van der Waals surface area contributed by atoms with Gasteiger partial charge in [-0.25, -0.2) is 0 Å². The molecule has 0 saturated carbocycles. The number of halogens is 9. The van der Waals surface area contributed by atoms with E-state index in [4.69, 9.17) is 31.4 Å². The molecule has 30 heteroatoms. The second kappa shape index (κ2) is 26.4. The molecule has 3 aliphatic carbocycles. The molecule has 0 saturated heterocycles. The van der Waals surface area contributed by atoms with Gasteiger partial charge < -0.3 is 62.1 Å². The van der Waals surface area contributed by atoms with Gasteiger partial charge in [-0.1, -0.05) is 72.8 Å². The van der Waals surface area contributed by atoms with E-state index < -0.39 is 88.0 Å². The number of alkyl halides is 9. The van der Waals surface area contributed by atoms with Crippen molar-refractivity contribution < 1.29 is 98.7 Å². The summed E-state index contributed by atoms with van der Waals surface area (Å²) in [7, 11) is 0. The van der Waals surface area contributed by atoms with Crippen LogP contribution in [0.25, 0.3) is 66.8 Å². The second-order valence-corrected chi connectivity index (χ2v) is 26.7. The van der Waals surface area contributed by atoms with Gasteiger partial charge in [0, 0.05) is 68.7 Å². The zero-order chi connectivity index (χ0) is 75.2. The number of hydrogen-bond donors (Lipinski definition) is 9. The predicted molar refractivity (Wildman–Crippen MR) is 354 cm³/mol. The van der Waals surface area contributed by atoms with E-state index in [-0.39, 0.29) is 104 Å². The van der Waals surface area contributed by atoms with Crippen LogP contribution in [-0.2, 0) is 47.8 Å². The molecule has 0 fully saturated rings. The summed E-state index contributed by atoms with van der Waals surface area (Å²) in [5, 5.41) is 74.7. The van der Waals surface area contributed by atoms with Gasteiger partial charge in [-0.05, 0) is 149 Å². The third kappa shape index (κ3) is 12.8. The first-order valence-electron chi connectivity index (χ1n) is 31.6. The lowest BCUT2D eigenvalue weighted by atomic mass is 9.89. The number of nitrogens with two attached hydrogens (primary N) is 3. The third-order valence-corrected chi connectivity index (χ3v) is 18.2. The lowest BCUT2D eigenvalue weighted by molar-refractivity contribution is -0.247. The molecule has 12 rings (SSSR count). The number of nitrogens with zero attached hydrogens (tertiary/aromatic N) is 6. The normalized spacial score (nSPS) is 18.4. The fourth-order valence-electron chi connectivity index (χ4n) is 12.2. The number of fused-ring (bicyclic) bond motifs is 9. The van der Waals surface area contributed by atoms with Gasteiger partial charge in [-0.2, -0.15) is 54.8 Å². The molecule has 3 amide bonds. The zero-order valence-electron chi connectivity index (χ0n) is 56.2. The lowest BCUT2D eigenvalue weighted by Crippen LogP contribution is -2.41. The highest BCUT2D eigenvalue weighted by Gasteiger charge is 2.64. The monoisotopic (exact) mass is 1430 g/mol. The Labute approximate surface area is 577 Å². The summed E-state index contributed by atoms with van der Waals surface area (Å²) in [5.74, 6) is -1.82. The minimum atomic E-state index is -5.02. The van der Waals surface area contributed by atoms with Crippen molar-refractivity contribution in [1.82, 2.24) is 29.3 Å². The van der Waals surface area contributed by atoms with Crippen molar-refractivity contribution in [3.05, 3.63) is 180 Å². The van der Waals surface area contributed by atoms with Gasteiger partial charge in [-0.15, -0.1) is 0 Å². The highest BCUT2D eigenvalue weighted by molar-refractivity contribution is 5.96. The van der Waals surface area contributed by atoms with E-state index in [9.17, 15) is 84.5 Å². The van der Waals surface area contributed by atoms with Crippen molar-refractivity contribution >= 4 is 17.7 Å². The molecule has 102 heavy (non-hydrogen) atoms. The van der Waals surface area contributed by atoms with Crippen LogP contribution in [0.5, 0.6) is 17.2 Å². The van der Waals surface area contributed by atoms with Crippen LogP contribution < -0.4 is 31.4 Å². The Morgan fingerprint density at radius 1 is 0.402 bits per heavy atom. The first-order valence-corrected chi connectivity index (χ1v) is 31.6. The fraction of sp³-hybridized carbons (Fsp3) is 0.333. The molecule has 0 radical (unpaired) electrons. The molecule has 0 aliphatic heterocycles. The van der Waals surface area contributed by atoms with Crippen LogP contribution in [0.4, 0.5) is 39.5 Å². The molecule has 0 bridgehead atoms. The van der Waals surface area contributed by atoms with Gasteiger partial charge in [0.05, 0.1) is 36.9 Å². The number of aliphatic hydroxyl groups is 6. The molecule has 0 spiro atoms. The number of ether oxygens (including phenoxy) is 3. The summed E-state index contributed by atoms with van der Waals surface area (Å²) in [4.78, 5) is 35.6. The number of carbonyl (C=O) groups is 3. The van der Waals surface area contributed by atoms with Crippen molar-refractivity contribution in [3.8, 4) is 84.0 Å². The maximum absolute atomic E-state index is 14.3. The van der Waals surface area contributed by atoms with E-state index in [0.717, 1.165) is 18.2 Å². The van der Waals surface area contributed by atoms with Crippen LogP contribution in [0.1, 0.15) is 95.7 Å². The molecule has 540 valence electrons. The largest absolute Gasteiger partial charge is 0.491 e. The first kappa shape index (κ1) is 74.6. The standard InChI is InChI=1S/3C24H24F3N3O4/c3*1-13(31)12-34-15-8-17(14-10-29-30(11-14)22(2,3)21(28)32)20-16-6-4-5-7-18(16)23(33,19(20)9-15)24(25,26)27/h3*4-11,13,31,33H,12H2,1-3H3,(H2,28,32)/t13?,23-;13-,23+;13-,23-/m101/s1. The maximum atomic E-state index is 14.3. The number of rotatable bonds is 18. The smallest absolute Gasteiger partial charge is 0.425 e. The minimum Gasteiger partial charge on any atom is -0.491 e. The Kier molecular flexibility index (Phi) is 19.3. The molecule has 12 N–H and O–H groups in total. The van der Waals surface area contributed by atoms with E-state index in [0.29, 0.717) is 33.4 Å². The van der Waals surface area contributed by atoms with E-state index in [1.807, 2.05) is 0 Å².